The van der Waals surface area contributed by atoms with Crippen LogP contribution in [0.5, 0.6) is 0 Å². The number of primary amides is 1. The molecule has 2 heterocycles. The van der Waals surface area contributed by atoms with Crippen molar-refractivity contribution >= 4 is 65.1 Å². The van der Waals surface area contributed by atoms with Gasteiger partial charge in [-0.1, -0.05) is 34.1 Å². The van der Waals surface area contributed by atoms with Crippen LogP contribution in [0.3, 0.4) is 0 Å². The maximum absolute atomic E-state index is 13.3. The summed E-state index contributed by atoms with van der Waals surface area (Å²) < 4.78 is 0. The van der Waals surface area contributed by atoms with Crippen LogP contribution in [0, 0.1) is 17.8 Å². The Labute approximate surface area is 355 Å². The topological polar surface area (TPSA) is 328 Å². The molecule has 0 spiro atoms. The number of hydroxylamine groups is 1. The van der Waals surface area contributed by atoms with E-state index >= 15 is 0 Å². The third-order valence-corrected chi connectivity index (χ3v) is 11.5. The summed E-state index contributed by atoms with van der Waals surface area (Å²) in [4.78, 5) is 112. The number of hydrogen-bond acceptors (Lipinski definition) is 12. The third-order valence-electron chi connectivity index (χ3n) is 9.96. The van der Waals surface area contributed by atoms with Gasteiger partial charge in [-0.2, -0.15) is 11.8 Å². The zero-order valence-corrected chi connectivity index (χ0v) is 36.0. The number of nitrogens with one attached hydrogen (secondary N) is 9. The molecule has 0 aromatic carbocycles. The van der Waals surface area contributed by atoms with E-state index in [0.29, 0.717) is 31.1 Å². The first-order valence-corrected chi connectivity index (χ1v) is 21.7. The van der Waals surface area contributed by atoms with Crippen molar-refractivity contribution in [3.8, 4) is 0 Å². The summed E-state index contributed by atoms with van der Waals surface area (Å²) in [7, 11) is 0. The molecule has 2 aliphatic rings. The molecule has 2 rings (SSSR count). The van der Waals surface area contributed by atoms with E-state index in [2.05, 4.69) is 42.5 Å². The molecule has 0 aromatic heterocycles. The molecule has 2 aliphatic heterocycles. The van der Waals surface area contributed by atoms with Gasteiger partial charge in [0.05, 0.1) is 31.3 Å². The van der Waals surface area contributed by atoms with Gasteiger partial charge in [-0.05, 0) is 63.7 Å². The molecule has 340 valence electrons. The molecule has 13 N–H and O–H groups in total. The molecule has 0 aromatic rings. The second-order valence-corrected chi connectivity index (χ2v) is 17.5. The van der Waals surface area contributed by atoms with Crippen molar-refractivity contribution in [3.05, 3.63) is 0 Å². The van der Waals surface area contributed by atoms with E-state index in [1.807, 2.05) is 25.6 Å². The zero-order valence-electron chi connectivity index (χ0n) is 35.2. The minimum absolute atomic E-state index is 0.0207. The Kier molecular flexibility index (Phi) is 22.7. The van der Waals surface area contributed by atoms with Crippen LogP contribution in [0.2, 0.25) is 0 Å². The van der Waals surface area contributed by atoms with Crippen LogP contribution in [-0.4, -0.2) is 131 Å². The average molecular weight is 871 g/mol. The van der Waals surface area contributed by atoms with Crippen LogP contribution >= 0.6 is 11.8 Å². The molecule has 21 nitrogen and oxygen atoms in total. The van der Waals surface area contributed by atoms with Gasteiger partial charge >= 0.3 is 6.03 Å². The first-order valence-electron chi connectivity index (χ1n) is 20.6. The van der Waals surface area contributed by atoms with Gasteiger partial charge in [0.25, 0.3) is 0 Å². The van der Waals surface area contributed by atoms with E-state index in [0.717, 1.165) is 25.0 Å². The fourth-order valence-electron chi connectivity index (χ4n) is 6.89. The Morgan fingerprint density at radius 3 is 2.07 bits per heavy atom. The van der Waals surface area contributed by atoms with Crippen LogP contribution in [-0.2, 0) is 38.4 Å². The number of fused-ring (bicyclic) bond motifs is 1. The van der Waals surface area contributed by atoms with E-state index in [4.69, 9.17) is 10.9 Å². The minimum Gasteiger partial charge on any atom is -0.391 e. The van der Waals surface area contributed by atoms with Gasteiger partial charge in [0.2, 0.25) is 47.3 Å². The highest BCUT2D eigenvalue weighted by Gasteiger charge is 2.42. The summed E-state index contributed by atoms with van der Waals surface area (Å²) in [5.74, 6) is -5.62. The number of unbranched alkanes of at least 4 members (excludes halogenated alkanes) is 2. The van der Waals surface area contributed by atoms with Crippen LogP contribution in [0.4, 0.5) is 4.79 Å². The van der Waals surface area contributed by atoms with Crippen LogP contribution < -0.4 is 53.7 Å². The van der Waals surface area contributed by atoms with Crippen molar-refractivity contribution in [2.45, 2.75) is 140 Å². The summed E-state index contributed by atoms with van der Waals surface area (Å²) >= 11 is 1.83. The standard InChI is InChI=1S/C38H66N10O11S/c1-20(2)14-23(16-29(51)48-59)35(55)46-32(22(5)49)37(57)44-25(15-21(3)4)36(56)42-17-30(52)41-18-31(53)43-24(34(39)54)10-8-9-13-40-28(50)12-7-6-11-27-33-26(19-60-27)45-38(58)47-33/h20-27,32-33,49,59H,6-19H2,1-5H3,(H2,39,54)(H,40,50)(H,41,52)(H,42,56)(H,43,53)(H,44,57)(H,46,55)(H,48,51)(H2,45,47,58)/t22-,23?,24+,25+,26+,27+,32+,33+/m1/s1. The number of aliphatic hydroxyl groups excluding tert-OH is 1. The fourth-order valence-corrected chi connectivity index (χ4v) is 8.43. The lowest BCUT2D eigenvalue weighted by atomic mass is 9.92. The number of rotatable bonds is 28. The average Bonchev–Trinajstić information content (AvgIpc) is 3.73. The van der Waals surface area contributed by atoms with E-state index < -0.39 is 84.6 Å². The van der Waals surface area contributed by atoms with E-state index in [-0.39, 0.29) is 61.5 Å². The smallest absolute Gasteiger partial charge is 0.315 e. The molecule has 1 unspecified atom stereocenters. The minimum atomic E-state index is -1.50. The largest absolute Gasteiger partial charge is 0.391 e. The highest BCUT2D eigenvalue weighted by Crippen LogP contribution is 2.33. The molecule has 60 heavy (non-hydrogen) atoms. The number of carbonyl (C=O) groups excluding carboxylic acids is 9. The van der Waals surface area contributed by atoms with Gasteiger partial charge < -0.3 is 53.4 Å². The highest BCUT2D eigenvalue weighted by atomic mass is 32.2. The lowest BCUT2D eigenvalue weighted by Gasteiger charge is -2.27. The number of thioether (sulfide) groups is 1. The normalized spacial score (nSPS) is 19.4. The number of urea groups is 1. The van der Waals surface area contributed by atoms with Crippen molar-refractivity contribution in [3.63, 3.8) is 0 Å². The number of amides is 10. The number of nitrogens with two attached hydrogens (primary N) is 1. The van der Waals surface area contributed by atoms with E-state index in [1.165, 1.54) is 12.4 Å². The molecule has 0 saturated carbocycles. The first-order chi connectivity index (χ1) is 28.3. The Hall–Kier alpha value is -4.70. The summed E-state index contributed by atoms with van der Waals surface area (Å²) in [6, 6.07) is -3.52. The molecule has 0 radical (unpaired) electrons. The Balaban J connectivity index is 1.73. The second kappa shape index (κ2) is 26.5. The maximum Gasteiger partial charge on any atom is 0.315 e. The number of carbonyl (C=O) groups is 9. The molecule has 0 bridgehead atoms. The quantitative estimate of drug-likeness (QED) is 0.0179. The Bertz CT molecular complexity index is 1500. The lowest BCUT2D eigenvalue weighted by Crippen LogP contribution is -2.58. The van der Waals surface area contributed by atoms with Crippen molar-refractivity contribution in [1.29, 1.82) is 0 Å². The lowest BCUT2D eigenvalue weighted by molar-refractivity contribution is -0.138. The first kappa shape index (κ1) is 51.4. The molecule has 10 amide bonds. The second-order valence-electron chi connectivity index (χ2n) is 16.2. The Morgan fingerprint density at radius 1 is 0.750 bits per heavy atom. The summed E-state index contributed by atoms with van der Waals surface area (Å²) in [5.41, 5.74) is 6.95. The SMILES string of the molecule is CC(C)CC(CC(=O)NO)C(=O)N[C@H](C(=O)N[C@@H](CC(C)C)C(=O)NCC(=O)NCC(=O)N[C@@H](CCCCNC(=O)CCCC[C@@H]1SC[C@@H]2NC(=O)N[C@@H]21)C(N)=O)[C@@H](C)O. The number of hydrogen-bond donors (Lipinski definition) is 12. The van der Waals surface area contributed by atoms with E-state index in [9.17, 15) is 48.3 Å². The number of aliphatic hydroxyl groups is 1. The van der Waals surface area contributed by atoms with Gasteiger partial charge in [-0.25, -0.2) is 10.3 Å². The van der Waals surface area contributed by atoms with E-state index in [1.54, 1.807) is 13.8 Å². The van der Waals surface area contributed by atoms with Gasteiger partial charge in [-0.3, -0.25) is 43.6 Å². The van der Waals surface area contributed by atoms with Gasteiger partial charge in [0.1, 0.15) is 18.1 Å². The summed E-state index contributed by atoms with van der Waals surface area (Å²) in [5, 5.41) is 40.5. The van der Waals surface area contributed by atoms with Crippen LogP contribution in [0.25, 0.3) is 0 Å². The van der Waals surface area contributed by atoms with Crippen molar-refractivity contribution < 1.29 is 53.5 Å². The summed E-state index contributed by atoms with van der Waals surface area (Å²) in [6.07, 6.45) is 2.69. The van der Waals surface area contributed by atoms with Crippen molar-refractivity contribution in [2.75, 3.05) is 25.4 Å². The molecule has 8 atom stereocenters. The predicted molar refractivity (Wildman–Crippen MR) is 220 cm³/mol. The van der Waals surface area contributed by atoms with Crippen molar-refractivity contribution in [2.24, 2.45) is 23.5 Å². The van der Waals surface area contributed by atoms with Gasteiger partial charge in [0, 0.05) is 36.3 Å². The monoisotopic (exact) mass is 870 g/mol. The molecule has 2 saturated heterocycles. The molecular weight excluding hydrogens is 805 g/mol. The zero-order chi connectivity index (χ0) is 44.9. The van der Waals surface area contributed by atoms with Crippen molar-refractivity contribution in [1.82, 2.24) is 48.0 Å². The molecule has 0 aliphatic carbocycles. The molecule has 22 heteroatoms. The van der Waals surface area contributed by atoms with Gasteiger partial charge in [0.15, 0.2) is 0 Å². The summed E-state index contributed by atoms with van der Waals surface area (Å²) in [6.45, 7) is 7.77. The third kappa shape index (κ3) is 19.1. The van der Waals surface area contributed by atoms with Crippen LogP contribution in [0.1, 0.15) is 98.8 Å². The van der Waals surface area contributed by atoms with Crippen LogP contribution in [0.15, 0.2) is 0 Å². The Morgan fingerprint density at radius 2 is 1.43 bits per heavy atom. The molecule has 2 fully saturated rings. The highest BCUT2D eigenvalue weighted by molar-refractivity contribution is 8.00. The fraction of sp³-hybridized carbons (Fsp3) is 0.763. The maximum atomic E-state index is 13.3. The molecular formula is C38H66N10O11S. The van der Waals surface area contributed by atoms with Gasteiger partial charge in [-0.15, -0.1) is 0 Å². The predicted octanol–water partition coefficient (Wildman–Crippen LogP) is -1.84.